The van der Waals surface area contributed by atoms with Crippen LogP contribution in [0.1, 0.15) is 13.3 Å². The minimum atomic E-state index is -0.130. The Balaban J connectivity index is 2.08. The highest BCUT2D eigenvalue weighted by atomic mass is 16.6. The van der Waals surface area contributed by atoms with Crippen LogP contribution >= 0.6 is 0 Å². The van der Waals surface area contributed by atoms with Crippen LogP contribution in [0.2, 0.25) is 0 Å². The zero-order valence-electron chi connectivity index (χ0n) is 9.14. The van der Waals surface area contributed by atoms with Gasteiger partial charge in [-0.05, 0) is 18.6 Å². The van der Waals surface area contributed by atoms with Gasteiger partial charge in [0.05, 0.1) is 0 Å². The summed E-state index contributed by atoms with van der Waals surface area (Å²) in [6.45, 7) is 2.69. The molecule has 1 aromatic carbocycles. The number of amides is 1. The molecular weight excluding hydrogens is 204 g/mol. The van der Waals surface area contributed by atoms with Gasteiger partial charge in [-0.2, -0.15) is 0 Å². The summed E-state index contributed by atoms with van der Waals surface area (Å²) < 4.78 is 0. The van der Waals surface area contributed by atoms with E-state index in [9.17, 15) is 4.79 Å². The summed E-state index contributed by atoms with van der Waals surface area (Å²) in [5.74, 6) is 0.660. The molecule has 0 bridgehead atoms. The van der Waals surface area contributed by atoms with Crippen molar-refractivity contribution in [2.24, 2.45) is 11.1 Å². The molecule has 1 heterocycles. The molecule has 0 aromatic heterocycles. The monoisotopic (exact) mass is 218 g/mol. The standard InChI is InChI=1S/C12H14N2O2/c1-9-7-8-13-12(15)11(9)14-16-10-5-3-2-4-6-10/h2-6,9H,7-8H2,1H3,(H,13,15)/b14-11+. The average Bonchev–Trinajstić information content (AvgIpc) is 2.30. The van der Waals surface area contributed by atoms with E-state index in [0.29, 0.717) is 18.0 Å². The molecule has 0 saturated carbocycles. The maximum absolute atomic E-state index is 11.5. The number of carbonyl (C=O) groups is 1. The lowest BCUT2D eigenvalue weighted by atomic mass is 9.98. The molecule has 1 fully saturated rings. The van der Waals surface area contributed by atoms with E-state index < -0.39 is 0 Å². The fourth-order valence-electron chi connectivity index (χ4n) is 1.57. The molecule has 16 heavy (non-hydrogen) atoms. The van der Waals surface area contributed by atoms with Crippen LogP contribution in [0.25, 0.3) is 0 Å². The Labute approximate surface area is 94.3 Å². The molecule has 0 aliphatic carbocycles. The molecule has 1 amide bonds. The first-order chi connectivity index (χ1) is 7.77. The topological polar surface area (TPSA) is 50.7 Å². The van der Waals surface area contributed by atoms with Crippen molar-refractivity contribution in [3.63, 3.8) is 0 Å². The Morgan fingerprint density at radius 3 is 2.81 bits per heavy atom. The zero-order valence-corrected chi connectivity index (χ0v) is 9.14. The van der Waals surface area contributed by atoms with E-state index in [1.54, 1.807) is 12.1 Å². The highest BCUT2D eigenvalue weighted by Crippen LogP contribution is 2.12. The number of rotatable bonds is 2. The Morgan fingerprint density at radius 2 is 2.12 bits per heavy atom. The van der Waals surface area contributed by atoms with Crippen molar-refractivity contribution in [2.45, 2.75) is 13.3 Å². The van der Waals surface area contributed by atoms with Gasteiger partial charge < -0.3 is 10.2 Å². The van der Waals surface area contributed by atoms with Gasteiger partial charge in [0.2, 0.25) is 0 Å². The van der Waals surface area contributed by atoms with Crippen molar-refractivity contribution in [1.82, 2.24) is 5.32 Å². The van der Waals surface area contributed by atoms with Gasteiger partial charge in [-0.25, -0.2) is 0 Å². The van der Waals surface area contributed by atoms with Crippen LogP contribution in [-0.2, 0) is 4.79 Å². The van der Waals surface area contributed by atoms with Gasteiger partial charge >= 0.3 is 0 Å². The third kappa shape index (κ3) is 2.39. The first-order valence-corrected chi connectivity index (χ1v) is 5.35. The van der Waals surface area contributed by atoms with Crippen molar-refractivity contribution in [3.05, 3.63) is 30.3 Å². The van der Waals surface area contributed by atoms with E-state index in [1.165, 1.54) is 0 Å². The lowest BCUT2D eigenvalue weighted by Gasteiger charge is -2.19. The smallest absolute Gasteiger partial charge is 0.269 e. The third-order valence-electron chi connectivity index (χ3n) is 2.55. The zero-order chi connectivity index (χ0) is 11.4. The summed E-state index contributed by atoms with van der Waals surface area (Å²) in [6.07, 6.45) is 0.905. The lowest BCUT2D eigenvalue weighted by molar-refractivity contribution is -0.115. The summed E-state index contributed by atoms with van der Waals surface area (Å²) in [5.41, 5.74) is 0.468. The second-order valence-corrected chi connectivity index (χ2v) is 3.83. The van der Waals surface area contributed by atoms with Crippen molar-refractivity contribution >= 4 is 11.6 Å². The number of benzene rings is 1. The summed E-state index contributed by atoms with van der Waals surface area (Å²) in [4.78, 5) is 16.7. The molecule has 1 aliphatic heterocycles. The molecule has 2 rings (SSSR count). The Hall–Kier alpha value is -1.84. The molecule has 4 heteroatoms. The van der Waals surface area contributed by atoms with E-state index >= 15 is 0 Å². The molecule has 0 spiro atoms. The van der Waals surface area contributed by atoms with E-state index in [0.717, 1.165) is 6.42 Å². The predicted molar refractivity (Wildman–Crippen MR) is 61.3 cm³/mol. The van der Waals surface area contributed by atoms with Gasteiger partial charge in [-0.3, -0.25) is 4.79 Å². The first kappa shape index (κ1) is 10.7. The molecule has 84 valence electrons. The van der Waals surface area contributed by atoms with Crippen molar-refractivity contribution < 1.29 is 9.63 Å². The van der Waals surface area contributed by atoms with Gasteiger partial charge in [-0.15, -0.1) is 0 Å². The lowest BCUT2D eigenvalue weighted by Crippen LogP contribution is -2.42. The molecule has 4 nitrogen and oxygen atoms in total. The fraction of sp³-hybridized carbons (Fsp3) is 0.333. The largest absolute Gasteiger partial charge is 0.357 e. The van der Waals surface area contributed by atoms with Crippen LogP contribution in [0.3, 0.4) is 0 Å². The van der Waals surface area contributed by atoms with Crippen LogP contribution in [0, 0.1) is 5.92 Å². The summed E-state index contributed by atoms with van der Waals surface area (Å²) in [7, 11) is 0. The molecule has 1 atom stereocenters. The van der Waals surface area contributed by atoms with Crippen LogP contribution in [-0.4, -0.2) is 18.2 Å². The first-order valence-electron chi connectivity index (χ1n) is 5.35. The Bertz CT molecular complexity index is 401. The van der Waals surface area contributed by atoms with Gasteiger partial charge in [0.25, 0.3) is 5.91 Å². The third-order valence-corrected chi connectivity index (χ3v) is 2.55. The Morgan fingerprint density at radius 1 is 1.38 bits per heavy atom. The minimum absolute atomic E-state index is 0.130. The maximum Gasteiger partial charge on any atom is 0.269 e. The van der Waals surface area contributed by atoms with Crippen molar-refractivity contribution in [2.75, 3.05) is 6.54 Å². The van der Waals surface area contributed by atoms with E-state index in [-0.39, 0.29) is 11.8 Å². The molecule has 1 aromatic rings. The number of hydrogen-bond donors (Lipinski definition) is 1. The molecule has 0 radical (unpaired) electrons. The molecule has 1 unspecified atom stereocenters. The highest BCUT2D eigenvalue weighted by Gasteiger charge is 2.24. The Kier molecular flexibility index (Phi) is 3.19. The molecule has 1 N–H and O–H groups in total. The van der Waals surface area contributed by atoms with E-state index in [1.807, 2.05) is 25.1 Å². The minimum Gasteiger partial charge on any atom is -0.357 e. The molecular formula is C12H14N2O2. The van der Waals surface area contributed by atoms with Crippen molar-refractivity contribution in [3.8, 4) is 5.75 Å². The maximum atomic E-state index is 11.5. The van der Waals surface area contributed by atoms with Crippen LogP contribution < -0.4 is 10.2 Å². The number of nitrogens with one attached hydrogen (secondary N) is 1. The average molecular weight is 218 g/mol. The molecule has 1 aliphatic rings. The SMILES string of the molecule is CC1CCNC(=O)/C1=N/Oc1ccccc1. The second-order valence-electron chi connectivity index (χ2n) is 3.83. The van der Waals surface area contributed by atoms with Crippen LogP contribution in [0.5, 0.6) is 5.75 Å². The summed E-state index contributed by atoms with van der Waals surface area (Å²) in [5, 5.41) is 6.67. The fourth-order valence-corrected chi connectivity index (χ4v) is 1.57. The number of oxime groups is 1. The van der Waals surface area contributed by atoms with Crippen molar-refractivity contribution in [1.29, 1.82) is 0 Å². The van der Waals surface area contributed by atoms with Crippen LogP contribution in [0.15, 0.2) is 35.5 Å². The predicted octanol–water partition coefficient (Wildman–Crippen LogP) is 1.58. The van der Waals surface area contributed by atoms with Gasteiger partial charge in [0.15, 0.2) is 5.75 Å². The number of hydrogen-bond acceptors (Lipinski definition) is 3. The quantitative estimate of drug-likeness (QED) is 0.766. The number of nitrogens with zero attached hydrogens (tertiary/aromatic N) is 1. The second kappa shape index (κ2) is 4.79. The highest BCUT2D eigenvalue weighted by molar-refractivity contribution is 6.39. The summed E-state index contributed by atoms with van der Waals surface area (Å²) in [6, 6.07) is 9.22. The summed E-state index contributed by atoms with van der Waals surface area (Å²) >= 11 is 0. The van der Waals surface area contributed by atoms with E-state index in [2.05, 4.69) is 10.5 Å². The van der Waals surface area contributed by atoms with Gasteiger partial charge in [0, 0.05) is 12.5 Å². The van der Waals surface area contributed by atoms with Gasteiger partial charge in [0.1, 0.15) is 5.71 Å². The molecule has 1 saturated heterocycles. The van der Waals surface area contributed by atoms with Crippen LogP contribution in [0.4, 0.5) is 0 Å². The normalized spacial score (nSPS) is 22.9. The van der Waals surface area contributed by atoms with E-state index in [4.69, 9.17) is 4.84 Å². The number of para-hydroxylation sites is 1. The van der Waals surface area contributed by atoms with Gasteiger partial charge in [-0.1, -0.05) is 30.3 Å². The number of carbonyl (C=O) groups excluding carboxylic acids is 1. The number of piperidine rings is 1.